The van der Waals surface area contributed by atoms with Gasteiger partial charge in [0.15, 0.2) is 5.69 Å². The van der Waals surface area contributed by atoms with Gasteiger partial charge in [-0.05, 0) is 40.8 Å². The number of benzene rings is 2. The van der Waals surface area contributed by atoms with E-state index in [9.17, 15) is 9.59 Å². The number of carbonyl (C=O) groups excluding carboxylic acids is 2. The average molecular weight is 421 g/mol. The van der Waals surface area contributed by atoms with Crippen molar-refractivity contribution in [3.63, 3.8) is 0 Å². The van der Waals surface area contributed by atoms with E-state index in [2.05, 4.69) is 48.6 Å². The van der Waals surface area contributed by atoms with Crippen molar-refractivity contribution in [2.75, 3.05) is 12.4 Å². The summed E-state index contributed by atoms with van der Waals surface area (Å²) in [6, 6.07) is 15.2. The van der Waals surface area contributed by atoms with Crippen molar-refractivity contribution < 1.29 is 14.3 Å². The molecule has 7 heteroatoms. The lowest BCUT2D eigenvalue weighted by molar-refractivity contribution is 0.0958. The number of nitrogens with one attached hydrogen (secondary N) is 2. The molecular formula is C24H28N4O3. The van der Waals surface area contributed by atoms with E-state index in [-0.39, 0.29) is 22.9 Å². The number of ether oxygens (including phenoxy) is 1. The van der Waals surface area contributed by atoms with Crippen LogP contribution in [0.2, 0.25) is 0 Å². The van der Waals surface area contributed by atoms with E-state index in [1.807, 2.05) is 18.2 Å². The summed E-state index contributed by atoms with van der Waals surface area (Å²) in [5.74, 6) is 0.0819. The van der Waals surface area contributed by atoms with Crippen LogP contribution in [0.5, 0.6) is 5.75 Å². The minimum atomic E-state index is -0.365. The Kier molecular flexibility index (Phi) is 6.44. The summed E-state index contributed by atoms with van der Waals surface area (Å²) < 4.78 is 7.36. The van der Waals surface area contributed by atoms with Crippen molar-refractivity contribution >= 4 is 17.5 Å². The maximum atomic E-state index is 12.7. The predicted molar refractivity (Wildman–Crippen MR) is 120 cm³/mol. The van der Waals surface area contributed by atoms with Gasteiger partial charge in [0.05, 0.1) is 5.69 Å². The molecule has 0 atom stereocenters. The molecule has 1 heterocycles. The maximum Gasteiger partial charge on any atom is 0.273 e. The molecule has 0 bridgehead atoms. The van der Waals surface area contributed by atoms with Gasteiger partial charge in [-0.2, -0.15) is 5.10 Å². The number of rotatable bonds is 6. The Morgan fingerprint density at radius 1 is 1.06 bits per heavy atom. The van der Waals surface area contributed by atoms with Crippen molar-refractivity contribution in [3.8, 4) is 5.75 Å². The van der Waals surface area contributed by atoms with Crippen LogP contribution < -0.4 is 15.4 Å². The second kappa shape index (κ2) is 9.04. The fourth-order valence-corrected chi connectivity index (χ4v) is 3.08. The summed E-state index contributed by atoms with van der Waals surface area (Å²) in [5, 5.41) is 9.38. The number of hydrogen-bond donors (Lipinski definition) is 2. The Morgan fingerprint density at radius 2 is 1.77 bits per heavy atom. The molecule has 2 aromatic carbocycles. The fraction of sp³-hybridized carbons (Fsp3) is 0.292. The van der Waals surface area contributed by atoms with Gasteiger partial charge in [-0.15, -0.1) is 0 Å². The third-order valence-electron chi connectivity index (χ3n) is 4.83. The quantitative estimate of drug-likeness (QED) is 0.633. The van der Waals surface area contributed by atoms with Gasteiger partial charge < -0.3 is 15.4 Å². The summed E-state index contributed by atoms with van der Waals surface area (Å²) >= 11 is 0. The Morgan fingerprint density at radius 3 is 2.42 bits per heavy atom. The smallest absolute Gasteiger partial charge is 0.273 e. The molecular weight excluding hydrogens is 392 g/mol. The Bertz CT molecular complexity index is 1080. The van der Waals surface area contributed by atoms with Gasteiger partial charge in [0.2, 0.25) is 0 Å². The number of aromatic nitrogens is 2. The van der Waals surface area contributed by atoms with E-state index < -0.39 is 0 Å². The van der Waals surface area contributed by atoms with Gasteiger partial charge in [-0.1, -0.05) is 45.0 Å². The van der Waals surface area contributed by atoms with Gasteiger partial charge in [0.25, 0.3) is 11.8 Å². The number of nitrogens with zero attached hydrogens (tertiary/aromatic N) is 2. The van der Waals surface area contributed by atoms with Gasteiger partial charge in [-0.25, -0.2) is 0 Å². The largest absolute Gasteiger partial charge is 0.489 e. The molecule has 0 aliphatic rings. The Balaban J connectivity index is 1.68. The zero-order chi connectivity index (χ0) is 22.6. The van der Waals surface area contributed by atoms with E-state index in [0.717, 1.165) is 11.3 Å². The highest BCUT2D eigenvalue weighted by atomic mass is 16.5. The van der Waals surface area contributed by atoms with Gasteiger partial charge in [0, 0.05) is 25.9 Å². The summed E-state index contributed by atoms with van der Waals surface area (Å²) in [4.78, 5) is 24.7. The van der Waals surface area contributed by atoms with Crippen LogP contribution in [0.4, 0.5) is 5.69 Å². The van der Waals surface area contributed by atoms with Gasteiger partial charge >= 0.3 is 0 Å². The molecule has 0 radical (unpaired) electrons. The zero-order valence-corrected chi connectivity index (χ0v) is 18.5. The first kappa shape index (κ1) is 22.1. The van der Waals surface area contributed by atoms with Crippen LogP contribution in [0.25, 0.3) is 0 Å². The van der Waals surface area contributed by atoms with Crippen LogP contribution in [0.15, 0.2) is 54.7 Å². The van der Waals surface area contributed by atoms with E-state index in [0.29, 0.717) is 17.9 Å². The third-order valence-corrected chi connectivity index (χ3v) is 4.83. The van der Waals surface area contributed by atoms with Crippen LogP contribution in [-0.4, -0.2) is 28.6 Å². The van der Waals surface area contributed by atoms with Gasteiger partial charge in [0.1, 0.15) is 12.4 Å². The molecule has 162 valence electrons. The number of anilines is 1. The van der Waals surface area contributed by atoms with Crippen molar-refractivity contribution in [2.24, 2.45) is 7.05 Å². The lowest BCUT2D eigenvalue weighted by Crippen LogP contribution is -2.21. The molecule has 31 heavy (non-hydrogen) atoms. The Labute approximate surface area is 182 Å². The van der Waals surface area contributed by atoms with Crippen molar-refractivity contribution in [2.45, 2.75) is 32.8 Å². The summed E-state index contributed by atoms with van der Waals surface area (Å²) in [7, 11) is 3.21. The fourth-order valence-electron chi connectivity index (χ4n) is 3.08. The summed E-state index contributed by atoms with van der Waals surface area (Å²) in [6.07, 6.45) is 1.59. The molecule has 0 spiro atoms. The van der Waals surface area contributed by atoms with Gasteiger partial charge in [-0.3, -0.25) is 14.3 Å². The highest BCUT2D eigenvalue weighted by Gasteiger charge is 2.18. The molecule has 0 aliphatic heterocycles. The lowest BCUT2D eigenvalue weighted by atomic mass is 9.87. The lowest BCUT2D eigenvalue weighted by Gasteiger charge is -2.19. The first-order valence-electron chi connectivity index (χ1n) is 10.1. The highest BCUT2D eigenvalue weighted by Crippen LogP contribution is 2.24. The second-order valence-corrected chi connectivity index (χ2v) is 8.36. The summed E-state index contributed by atoms with van der Waals surface area (Å²) in [6.45, 7) is 6.85. The second-order valence-electron chi connectivity index (χ2n) is 8.36. The van der Waals surface area contributed by atoms with E-state index in [1.54, 1.807) is 31.4 Å². The monoisotopic (exact) mass is 420 g/mol. The van der Waals surface area contributed by atoms with Crippen LogP contribution in [0.3, 0.4) is 0 Å². The SMILES string of the molecule is CNC(=O)c1nn(C)cc1NC(=O)c1cccc(COc2ccc(C(C)(C)C)cc2)c1. The normalized spacial score (nSPS) is 11.1. The molecule has 0 unspecified atom stereocenters. The van der Waals surface area contributed by atoms with Crippen LogP contribution in [0.1, 0.15) is 52.7 Å². The maximum absolute atomic E-state index is 12.7. The van der Waals surface area contributed by atoms with Crippen LogP contribution in [-0.2, 0) is 19.1 Å². The number of amides is 2. The number of carbonyl (C=O) groups is 2. The molecule has 1 aromatic heterocycles. The molecule has 3 rings (SSSR count). The third kappa shape index (κ3) is 5.51. The van der Waals surface area contributed by atoms with Crippen molar-refractivity contribution in [3.05, 3.63) is 77.1 Å². The molecule has 0 fully saturated rings. The van der Waals surface area contributed by atoms with Crippen LogP contribution in [0, 0.1) is 0 Å². The number of aryl methyl sites for hydroxylation is 1. The first-order chi connectivity index (χ1) is 14.7. The minimum absolute atomic E-state index is 0.0894. The van der Waals surface area contributed by atoms with Crippen LogP contribution >= 0.6 is 0 Å². The first-order valence-corrected chi connectivity index (χ1v) is 10.1. The minimum Gasteiger partial charge on any atom is -0.489 e. The standard InChI is InChI=1S/C24H28N4O3/c1-24(2,3)18-9-11-19(12-10-18)31-15-16-7-6-8-17(13-16)22(29)26-20-14-28(5)27-21(20)23(30)25-4/h6-14H,15H2,1-5H3,(H,25,30)(H,26,29). The molecule has 7 nitrogen and oxygen atoms in total. The zero-order valence-electron chi connectivity index (χ0n) is 18.5. The Hall–Kier alpha value is -3.61. The number of hydrogen-bond acceptors (Lipinski definition) is 4. The van der Waals surface area contributed by atoms with E-state index in [1.165, 1.54) is 17.3 Å². The average Bonchev–Trinajstić information content (AvgIpc) is 3.11. The molecule has 0 aliphatic carbocycles. The van der Waals surface area contributed by atoms with E-state index >= 15 is 0 Å². The molecule has 0 saturated heterocycles. The highest BCUT2D eigenvalue weighted by molar-refractivity contribution is 6.08. The predicted octanol–water partition coefficient (Wildman–Crippen LogP) is 3.91. The summed E-state index contributed by atoms with van der Waals surface area (Å²) in [5.41, 5.74) is 3.18. The van der Waals surface area contributed by atoms with Crippen molar-refractivity contribution in [1.82, 2.24) is 15.1 Å². The van der Waals surface area contributed by atoms with Crippen molar-refractivity contribution in [1.29, 1.82) is 0 Å². The topological polar surface area (TPSA) is 85.3 Å². The molecule has 3 aromatic rings. The molecule has 0 saturated carbocycles. The van der Waals surface area contributed by atoms with E-state index in [4.69, 9.17) is 4.74 Å². The molecule has 2 amide bonds. The molecule has 2 N–H and O–H groups in total.